The summed E-state index contributed by atoms with van der Waals surface area (Å²) in [7, 11) is 0. The summed E-state index contributed by atoms with van der Waals surface area (Å²) in [4.78, 5) is 30.6. The molecule has 0 bridgehead atoms. The Balaban J connectivity index is 1.61. The Hall–Kier alpha value is -3.47. The van der Waals surface area contributed by atoms with Crippen molar-refractivity contribution in [3.05, 3.63) is 93.4 Å². The highest BCUT2D eigenvalue weighted by atomic mass is 16.1. The molecule has 0 radical (unpaired) electrons. The topological polar surface area (TPSA) is 67.8 Å². The number of hydrogen-bond acceptors (Lipinski definition) is 3. The van der Waals surface area contributed by atoms with Gasteiger partial charge in [-0.1, -0.05) is 56.3 Å². The van der Waals surface area contributed by atoms with Crippen LogP contribution >= 0.6 is 0 Å². The Morgan fingerprint density at radius 1 is 1.00 bits per heavy atom. The van der Waals surface area contributed by atoms with Crippen molar-refractivity contribution in [2.45, 2.75) is 38.5 Å². The monoisotopic (exact) mass is 397 g/mol. The molecule has 30 heavy (non-hydrogen) atoms. The lowest BCUT2D eigenvalue weighted by molar-refractivity contribution is 0.0964. The van der Waals surface area contributed by atoms with Crippen LogP contribution in [0.15, 0.2) is 65.6 Å². The largest absolute Gasteiger partial charge is 0.294 e. The number of nitrogens with zero attached hydrogens (tertiary/aromatic N) is 2. The lowest BCUT2D eigenvalue weighted by Gasteiger charge is -2.24. The molecule has 1 atom stereocenters. The first-order chi connectivity index (χ1) is 14.5. The number of ketones is 1. The molecule has 0 spiro atoms. The van der Waals surface area contributed by atoms with E-state index >= 15 is 0 Å². The van der Waals surface area contributed by atoms with Crippen molar-refractivity contribution in [2.24, 2.45) is 0 Å². The lowest BCUT2D eigenvalue weighted by atomic mass is 9.79. The molecule has 2 heterocycles. The van der Waals surface area contributed by atoms with E-state index in [9.17, 15) is 9.59 Å². The van der Waals surface area contributed by atoms with E-state index in [0.29, 0.717) is 35.4 Å². The molecule has 0 unspecified atom stereocenters. The van der Waals surface area contributed by atoms with Crippen LogP contribution in [-0.2, 0) is 6.42 Å². The summed E-state index contributed by atoms with van der Waals surface area (Å²) in [5.74, 6) is 0.585. The number of carbonyl (C=O) groups excluding carboxylic acids is 1. The number of hydrogen-bond donors (Lipinski definition) is 1. The minimum absolute atomic E-state index is 0.0513. The van der Waals surface area contributed by atoms with Crippen LogP contribution in [0.25, 0.3) is 16.7 Å². The van der Waals surface area contributed by atoms with Gasteiger partial charge in [-0.3, -0.25) is 14.7 Å². The van der Waals surface area contributed by atoms with Gasteiger partial charge in [0, 0.05) is 18.2 Å². The van der Waals surface area contributed by atoms with Crippen LogP contribution in [0, 0.1) is 0 Å². The number of fused-ring (bicyclic) bond motifs is 3. The summed E-state index contributed by atoms with van der Waals surface area (Å²) in [5, 5.41) is 3.62. The molecule has 2 aromatic carbocycles. The maximum atomic E-state index is 13.3. The molecule has 1 aliphatic carbocycles. The maximum absolute atomic E-state index is 13.3. The van der Waals surface area contributed by atoms with Crippen molar-refractivity contribution in [2.75, 3.05) is 0 Å². The SMILES string of the molecule is CC(C)c1ccc([C@H]2CC(=O)c3cnc4[nH]n(-c5ccccc5)c(=O)c4c3C2)cc1. The standard InChI is InChI=1S/C25H23N3O2/c1-15(2)16-8-10-17(11-9-16)18-12-20-21(22(29)13-18)14-26-24-23(20)25(30)28(27-24)19-6-4-3-5-7-19/h3-11,14-15,18H,12-13H2,1-2H3,(H,26,27)/t18-/m1/s1. The van der Waals surface area contributed by atoms with E-state index in [1.165, 1.54) is 10.2 Å². The molecule has 150 valence electrons. The number of aromatic amines is 1. The third kappa shape index (κ3) is 2.98. The number of H-pyrrole nitrogens is 1. The average molecular weight is 397 g/mol. The molecular formula is C25H23N3O2. The zero-order valence-corrected chi connectivity index (χ0v) is 17.1. The van der Waals surface area contributed by atoms with E-state index in [2.05, 4.69) is 48.2 Å². The lowest BCUT2D eigenvalue weighted by Crippen LogP contribution is -2.22. The molecule has 1 aliphatic rings. The number of para-hydroxylation sites is 1. The van der Waals surface area contributed by atoms with Gasteiger partial charge in [-0.05, 0) is 47.1 Å². The molecule has 0 fully saturated rings. The first-order valence-corrected chi connectivity index (χ1v) is 10.3. The molecule has 5 heteroatoms. The van der Waals surface area contributed by atoms with Crippen LogP contribution in [0.4, 0.5) is 0 Å². The second kappa shape index (κ2) is 7.10. The van der Waals surface area contributed by atoms with Crippen molar-refractivity contribution < 1.29 is 4.79 Å². The van der Waals surface area contributed by atoms with Crippen LogP contribution in [0.3, 0.4) is 0 Å². The fourth-order valence-corrected chi connectivity index (χ4v) is 4.39. The maximum Gasteiger partial charge on any atom is 0.281 e. The van der Waals surface area contributed by atoms with Crippen LogP contribution in [0.1, 0.15) is 59.2 Å². The molecule has 5 rings (SSSR count). The van der Waals surface area contributed by atoms with Gasteiger partial charge in [0.25, 0.3) is 5.56 Å². The van der Waals surface area contributed by atoms with Crippen molar-refractivity contribution in [3.8, 4) is 5.69 Å². The summed E-state index contributed by atoms with van der Waals surface area (Å²) in [6.07, 6.45) is 2.71. The third-order valence-electron chi connectivity index (χ3n) is 6.09. The van der Waals surface area contributed by atoms with Gasteiger partial charge >= 0.3 is 0 Å². The summed E-state index contributed by atoms with van der Waals surface area (Å²) >= 11 is 0. The van der Waals surface area contributed by atoms with Crippen molar-refractivity contribution in [1.29, 1.82) is 0 Å². The van der Waals surface area contributed by atoms with E-state index in [1.54, 1.807) is 6.20 Å². The Bertz CT molecular complexity index is 1300. The van der Waals surface area contributed by atoms with E-state index in [4.69, 9.17) is 0 Å². The van der Waals surface area contributed by atoms with Crippen molar-refractivity contribution in [3.63, 3.8) is 0 Å². The molecule has 4 aromatic rings. The van der Waals surface area contributed by atoms with Crippen LogP contribution < -0.4 is 5.56 Å². The van der Waals surface area contributed by atoms with Crippen molar-refractivity contribution in [1.82, 2.24) is 14.8 Å². The number of rotatable bonds is 3. The van der Waals surface area contributed by atoms with E-state index in [-0.39, 0.29) is 17.3 Å². The Morgan fingerprint density at radius 2 is 1.73 bits per heavy atom. The fraction of sp³-hybridized carbons (Fsp3) is 0.240. The van der Waals surface area contributed by atoms with Gasteiger partial charge < -0.3 is 0 Å². The average Bonchev–Trinajstić information content (AvgIpc) is 3.11. The van der Waals surface area contributed by atoms with Gasteiger partial charge in [0.2, 0.25) is 0 Å². The summed E-state index contributed by atoms with van der Waals surface area (Å²) < 4.78 is 1.50. The third-order valence-corrected chi connectivity index (χ3v) is 6.09. The van der Waals surface area contributed by atoms with Crippen LogP contribution in [0.2, 0.25) is 0 Å². The predicted molar refractivity (Wildman–Crippen MR) is 118 cm³/mol. The molecule has 5 nitrogen and oxygen atoms in total. The van der Waals surface area contributed by atoms with Crippen LogP contribution in [0.5, 0.6) is 0 Å². The first-order valence-electron chi connectivity index (χ1n) is 10.3. The number of pyridine rings is 1. The highest BCUT2D eigenvalue weighted by Gasteiger charge is 2.30. The van der Waals surface area contributed by atoms with Gasteiger partial charge in [-0.15, -0.1) is 0 Å². The predicted octanol–water partition coefficient (Wildman–Crippen LogP) is 4.75. The smallest absolute Gasteiger partial charge is 0.281 e. The van der Waals surface area contributed by atoms with E-state index < -0.39 is 0 Å². The summed E-state index contributed by atoms with van der Waals surface area (Å²) in [6.45, 7) is 4.34. The molecule has 2 aromatic heterocycles. The summed E-state index contributed by atoms with van der Waals surface area (Å²) in [6, 6.07) is 17.9. The van der Waals surface area contributed by atoms with Gasteiger partial charge in [0.15, 0.2) is 11.4 Å². The fourth-order valence-electron chi connectivity index (χ4n) is 4.39. The molecule has 0 amide bonds. The minimum atomic E-state index is -0.163. The second-order valence-electron chi connectivity index (χ2n) is 8.31. The Labute approximate surface area is 174 Å². The van der Waals surface area contributed by atoms with E-state index in [0.717, 1.165) is 16.8 Å². The number of Topliss-reactive ketones (excluding diaryl/α,β-unsaturated/α-hetero) is 1. The molecular weight excluding hydrogens is 374 g/mol. The number of carbonyl (C=O) groups is 1. The van der Waals surface area contributed by atoms with Crippen LogP contribution in [-0.4, -0.2) is 20.5 Å². The van der Waals surface area contributed by atoms with Gasteiger partial charge in [-0.2, -0.15) is 0 Å². The molecule has 0 saturated heterocycles. The zero-order chi connectivity index (χ0) is 20.8. The Kier molecular flexibility index (Phi) is 4.39. The second-order valence-corrected chi connectivity index (χ2v) is 8.31. The normalized spacial score (nSPS) is 16.2. The molecule has 1 N–H and O–H groups in total. The Morgan fingerprint density at radius 3 is 2.43 bits per heavy atom. The van der Waals surface area contributed by atoms with Gasteiger partial charge in [0.1, 0.15) is 0 Å². The minimum Gasteiger partial charge on any atom is -0.294 e. The zero-order valence-electron chi connectivity index (χ0n) is 17.1. The quantitative estimate of drug-likeness (QED) is 0.542. The van der Waals surface area contributed by atoms with E-state index in [1.807, 2.05) is 30.3 Å². The number of benzene rings is 2. The van der Waals surface area contributed by atoms with Gasteiger partial charge in [0.05, 0.1) is 11.1 Å². The highest BCUT2D eigenvalue weighted by Crippen LogP contribution is 2.35. The number of aromatic nitrogens is 3. The first kappa shape index (κ1) is 18.6. The highest BCUT2D eigenvalue weighted by molar-refractivity contribution is 6.02. The van der Waals surface area contributed by atoms with Gasteiger partial charge in [-0.25, -0.2) is 9.67 Å². The molecule has 0 saturated carbocycles. The van der Waals surface area contributed by atoms with Crippen molar-refractivity contribution >= 4 is 16.8 Å². The molecule has 0 aliphatic heterocycles. The summed E-state index contributed by atoms with van der Waals surface area (Å²) in [5.41, 5.74) is 4.91. The number of nitrogens with one attached hydrogen (secondary N) is 1.